The van der Waals surface area contributed by atoms with Gasteiger partial charge in [0.05, 0.1) is 13.0 Å². The summed E-state index contributed by atoms with van der Waals surface area (Å²) in [7, 11) is 1.49. The van der Waals surface area contributed by atoms with Crippen molar-refractivity contribution in [3.63, 3.8) is 0 Å². The number of hydrogen-bond donors (Lipinski definition) is 1. The smallest absolute Gasteiger partial charge is 0.397 e. The van der Waals surface area contributed by atoms with E-state index in [1.807, 2.05) is 0 Å². The number of fused-ring (bicyclic) bond motifs is 1. The van der Waals surface area contributed by atoms with E-state index < -0.39 is 11.9 Å². The molecule has 0 bridgehead atoms. The second-order valence-corrected chi connectivity index (χ2v) is 4.15. The summed E-state index contributed by atoms with van der Waals surface area (Å²) in [4.78, 5) is 35.6. The maximum Gasteiger partial charge on any atom is 0.397 e. The predicted molar refractivity (Wildman–Crippen MR) is 68.8 cm³/mol. The fraction of sp³-hybridized carbons (Fsp3) is 0.308. The highest BCUT2D eigenvalue weighted by molar-refractivity contribution is 6.38. The maximum atomic E-state index is 11.8. The van der Waals surface area contributed by atoms with Crippen molar-refractivity contribution in [3.05, 3.63) is 23.8 Å². The SMILES string of the molecule is CCOC(=O)C(=O)N(C)c1ccc2c(c1)CC(=O)N2. The van der Waals surface area contributed by atoms with Crippen molar-refractivity contribution in [2.24, 2.45) is 0 Å². The van der Waals surface area contributed by atoms with Gasteiger partial charge in [-0.2, -0.15) is 0 Å². The van der Waals surface area contributed by atoms with Crippen molar-refractivity contribution in [3.8, 4) is 0 Å². The van der Waals surface area contributed by atoms with E-state index in [4.69, 9.17) is 0 Å². The van der Waals surface area contributed by atoms with Crippen LogP contribution in [0.5, 0.6) is 0 Å². The van der Waals surface area contributed by atoms with E-state index in [1.54, 1.807) is 25.1 Å². The lowest BCUT2D eigenvalue weighted by Gasteiger charge is -2.16. The molecule has 0 atom stereocenters. The van der Waals surface area contributed by atoms with Gasteiger partial charge in [0.1, 0.15) is 0 Å². The highest BCUT2D eigenvalue weighted by Crippen LogP contribution is 2.27. The molecular formula is C13H14N2O4. The van der Waals surface area contributed by atoms with Crippen LogP contribution in [-0.2, 0) is 25.5 Å². The summed E-state index contributed by atoms with van der Waals surface area (Å²) >= 11 is 0. The summed E-state index contributed by atoms with van der Waals surface area (Å²) in [6.45, 7) is 1.79. The van der Waals surface area contributed by atoms with Gasteiger partial charge in [0, 0.05) is 18.4 Å². The highest BCUT2D eigenvalue weighted by atomic mass is 16.5. The number of anilines is 2. The molecule has 100 valence electrons. The van der Waals surface area contributed by atoms with Gasteiger partial charge in [0.25, 0.3) is 0 Å². The fourth-order valence-electron chi connectivity index (χ4n) is 1.87. The first-order valence-electron chi connectivity index (χ1n) is 5.90. The summed E-state index contributed by atoms with van der Waals surface area (Å²) in [6, 6.07) is 5.09. The topological polar surface area (TPSA) is 75.7 Å². The van der Waals surface area contributed by atoms with Crippen molar-refractivity contribution in [1.82, 2.24) is 0 Å². The standard InChI is InChI=1S/C13H14N2O4/c1-3-19-13(18)12(17)15(2)9-4-5-10-8(6-9)7-11(16)14-10/h4-6H,3,7H2,1-2H3,(H,14,16). The predicted octanol–water partition coefficient (Wildman–Crippen LogP) is 0.707. The van der Waals surface area contributed by atoms with Gasteiger partial charge in [0.2, 0.25) is 5.91 Å². The zero-order chi connectivity index (χ0) is 14.0. The molecule has 0 spiro atoms. The third-order valence-electron chi connectivity index (χ3n) is 2.86. The van der Waals surface area contributed by atoms with Crippen molar-refractivity contribution >= 4 is 29.2 Å². The maximum absolute atomic E-state index is 11.8. The van der Waals surface area contributed by atoms with Crippen molar-refractivity contribution in [1.29, 1.82) is 0 Å². The molecule has 0 unspecified atom stereocenters. The van der Waals surface area contributed by atoms with Gasteiger partial charge in [-0.3, -0.25) is 9.59 Å². The van der Waals surface area contributed by atoms with E-state index in [1.165, 1.54) is 11.9 Å². The second-order valence-electron chi connectivity index (χ2n) is 4.15. The van der Waals surface area contributed by atoms with Crippen LogP contribution >= 0.6 is 0 Å². The summed E-state index contributed by atoms with van der Waals surface area (Å²) in [5.41, 5.74) is 2.10. The van der Waals surface area contributed by atoms with Crippen LogP contribution < -0.4 is 10.2 Å². The van der Waals surface area contributed by atoms with E-state index >= 15 is 0 Å². The molecule has 1 aromatic carbocycles. The highest BCUT2D eigenvalue weighted by Gasteiger charge is 2.23. The molecule has 1 N–H and O–H groups in total. The molecular weight excluding hydrogens is 248 g/mol. The summed E-state index contributed by atoms with van der Waals surface area (Å²) < 4.78 is 4.66. The monoisotopic (exact) mass is 262 g/mol. The molecule has 6 nitrogen and oxygen atoms in total. The van der Waals surface area contributed by atoms with E-state index in [9.17, 15) is 14.4 Å². The number of hydrogen-bond acceptors (Lipinski definition) is 4. The molecule has 1 aliphatic rings. The quantitative estimate of drug-likeness (QED) is 0.629. The minimum Gasteiger partial charge on any atom is -0.459 e. The zero-order valence-corrected chi connectivity index (χ0v) is 10.7. The van der Waals surface area contributed by atoms with Crippen molar-refractivity contribution < 1.29 is 19.1 Å². The number of amides is 2. The molecule has 0 aromatic heterocycles. The Morgan fingerprint density at radius 1 is 1.42 bits per heavy atom. The summed E-state index contributed by atoms with van der Waals surface area (Å²) in [5, 5.41) is 2.70. The minimum atomic E-state index is -0.889. The number of esters is 1. The van der Waals surface area contributed by atoms with Gasteiger partial charge < -0.3 is 15.0 Å². The molecule has 0 aliphatic carbocycles. The van der Waals surface area contributed by atoms with Gasteiger partial charge in [-0.1, -0.05) is 0 Å². The molecule has 6 heteroatoms. The van der Waals surface area contributed by atoms with E-state index in [-0.39, 0.29) is 18.9 Å². The third-order valence-corrected chi connectivity index (χ3v) is 2.86. The average molecular weight is 262 g/mol. The van der Waals surface area contributed by atoms with E-state index in [2.05, 4.69) is 10.1 Å². The molecule has 2 amide bonds. The molecule has 0 fully saturated rings. The normalized spacial score (nSPS) is 12.6. The molecule has 0 saturated heterocycles. The lowest BCUT2D eigenvalue weighted by Crippen LogP contribution is -2.34. The Morgan fingerprint density at radius 3 is 2.84 bits per heavy atom. The van der Waals surface area contributed by atoms with Gasteiger partial charge in [-0.25, -0.2) is 4.79 Å². The van der Waals surface area contributed by atoms with Gasteiger partial charge in [-0.15, -0.1) is 0 Å². The number of nitrogens with one attached hydrogen (secondary N) is 1. The zero-order valence-electron chi connectivity index (χ0n) is 10.7. The Hall–Kier alpha value is -2.37. The Balaban J connectivity index is 2.19. The number of carbonyl (C=O) groups excluding carboxylic acids is 3. The third kappa shape index (κ3) is 2.57. The van der Waals surface area contributed by atoms with Crippen molar-refractivity contribution in [2.45, 2.75) is 13.3 Å². The number of carbonyl (C=O) groups is 3. The number of nitrogens with zero attached hydrogens (tertiary/aromatic N) is 1. The summed E-state index contributed by atoms with van der Waals surface area (Å²) in [6.07, 6.45) is 0.282. The van der Waals surface area contributed by atoms with Crippen LogP contribution in [0.25, 0.3) is 0 Å². The Labute approximate surface area is 110 Å². The molecule has 1 aromatic rings. The number of benzene rings is 1. The van der Waals surface area contributed by atoms with Crippen LogP contribution in [0.4, 0.5) is 11.4 Å². The first-order valence-corrected chi connectivity index (χ1v) is 5.90. The first kappa shape index (κ1) is 13.1. The minimum absolute atomic E-state index is 0.0773. The molecule has 0 radical (unpaired) electrons. The lowest BCUT2D eigenvalue weighted by molar-refractivity contribution is -0.153. The lowest BCUT2D eigenvalue weighted by atomic mass is 10.1. The molecule has 1 aliphatic heterocycles. The van der Waals surface area contributed by atoms with E-state index in [0.29, 0.717) is 5.69 Å². The van der Waals surface area contributed by atoms with Crippen LogP contribution in [0.3, 0.4) is 0 Å². The average Bonchev–Trinajstić information content (AvgIpc) is 2.76. The number of rotatable bonds is 2. The molecule has 2 rings (SSSR count). The fourth-order valence-corrected chi connectivity index (χ4v) is 1.87. The van der Waals surface area contributed by atoms with Gasteiger partial charge in [-0.05, 0) is 30.7 Å². The Morgan fingerprint density at radius 2 is 2.16 bits per heavy atom. The number of likely N-dealkylation sites (N-methyl/N-ethyl adjacent to an activating group) is 1. The largest absolute Gasteiger partial charge is 0.459 e. The second kappa shape index (κ2) is 5.09. The molecule has 0 saturated carbocycles. The Kier molecular flexibility index (Phi) is 3.50. The Bertz CT molecular complexity index is 554. The number of ether oxygens (including phenoxy) is 1. The van der Waals surface area contributed by atoms with Crippen LogP contribution in [0.2, 0.25) is 0 Å². The summed E-state index contributed by atoms with van der Waals surface area (Å²) in [5.74, 6) is -1.70. The van der Waals surface area contributed by atoms with E-state index in [0.717, 1.165) is 11.3 Å². The first-order chi connectivity index (χ1) is 9.02. The van der Waals surface area contributed by atoms with Crippen LogP contribution in [0.15, 0.2) is 18.2 Å². The molecule has 19 heavy (non-hydrogen) atoms. The van der Waals surface area contributed by atoms with Crippen LogP contribution in [0.1, 0.15) is 12.5 Å². The van der Waals surface area contributed by atoms with Crippen LogP contribution in [0, 0.1) is 0 Å². The van der Waals surface area contributed by atoms with Crippen LogP contribution in [-0.4, -0.2) is 31.4 Å². The van der Waals surface area contributed by atoms with Gasteiger partial charge >= 0.3 is 11.9 Å². The molecule has 1 heterocycles. The van der Waals surface area contributed by atoms with Gasteiger partial charge in [0.15, 0.2) is 0 Å². The van der Waals surface area contributed by atoms with Crippen molar-refractivity contribution in [2.75, 3.05) is 23.9 Å².